The molecule has 3 heterocycles. The molecular weight excluding hydrogens is 432 g/mol. The molecule has 1 aliphatic rings. The minimum atomic E-state index is -1.36. The Kier molecular flexibility index (Phi) is 15.7. The molecule has 0 fully saturated rings. The summed E-state index contributed by atoms with van der Waals surface area (Å²) in [5.41, 5.74) is 0. The molecule has 2 aromatic rings. The van der Waals surface area contributed by atoms with Crippen LogP contribution in [0.4, 0.5) is 0 Å². The number of aromatic nitrogens is 2. The summed E-state index contributed by atoms with van der Waals surface area (Å²) >= 11 is -1.36. The van der Waals surface area contributed by atoms with Crippen molar-refractivity contribution in [1.82, 2.24) is 19.8 Å². The summed E-state index contributed by atoms with van der Waals surface area (Å²) in [6.45, 7) is 3.87. The molecular formula is C17H23Cl2N4Ru-. The van der Waals surface area contributed by atoms with Gasteiger partial charge in [0.2, 0.25) is 0 Å². The fourth-order valence-electron chi connectivity index (χ4n) is 1.20. The first-order valence-corrected chi connectivity index (χ1v) is 12.5. The quantitative estimate of drug-likeness (QED) is 0.437. The molecule has 0 aliphatic carbocycles. The Balaban J connectivity index is 0.000000296. The second-order valence-electron chi connectivity index (χ2n) is 4.20. The zero-order valence-corrected chi connectivity index (χ0v) is 17.2. The zero-order valence-electron chi connectivity index (χ0n) is 14.0. The number of nitrogens with zero attached hydrogens (tertiary/aromatic N) is 4. The van der Waals surface area contributed by atoms with Crippen LogP contribution in [0.15, 0.2) is 73.6 Å². The summed E-state index contributed by atoms with van der Waals surface area (Å²) in [4.78, 5) is 11.6. The van der Waals surface area contributed by atoms with Gasteiger partial charge in [-0.25, -0.2) is 0 Å². The topological polar surface area (TPSA) is 32.3 Å². The summed E-state index contributed by atoms with van der Waals surface area (Å²) in [6, 6.07) is 11.4. The monoisotopic (exact) mass is 455 g/mol. The molecule has 0 amide bonds. The summed E-state index contributed by atoms with van der Waals surface area (Å²) in [5.74, 6) is 0. The van der Waals surface area contributed by atoms with Crippen molar-refractivity contribution in [2.24, 2.45) is 0 Å². The van der Waals surface area contributed by atoms with E-state index in [2.05, 4.69) is 9.97 Å². The van der Waals surface area contributed by atoms with E-state index in [0.717, 1.165) is 0 Å². The Morgan fingerprint density at radius 1 is 0.792 bits per heavy atom. The Morgan fingerprint density at radius 2 is 1.12 bits per heavy atom. The van der Waals surface area contributed by atoms with Crippen LogP contribution in [0.25, 0.3) is 0 Å². The van der Waals surface area contributed by atoms with Crippen molar-refractivity contribution in [2.75, 3.05) is 14.1 Å². The van der Waals surface area contributed by atoms with Crippen molar-refractivity contribution in [3.05, 3.63) is 80.3 Å². The van der Waals surface area contributed by atoms with Crippen LogP contribution in [0, 0.1) is 6.67 Å². The van der Waals surface area contributed by atoms with Gasteiger partial charge in [-0.3, -0.25) is 9.97 Å². The number of halogens is 2. The molecule has 1 aliphatic heterocycles. The fraction of sp³-hybridized carbons (Fsp3) is 0.176. The van der Waals surface area contributed by atoms with Gasteiger partial charge in [0.25, 0.3) is 0 Å². The molecule has 0 bridgehead atoms. The molecule has 4 nitrogen and oxygen atoms in total. The normalized spacial score (nSPS) is 11.8. The van der Waals surface area contributed by atoms with Crippen LogP contribution in [-0.2, 0) is 13.5 Å². The van der Waals surface area contributed by atoms with Gasteiger partial charge in [0.05, 0.1) is 0 Å². The summed E-state index contributed by atoms with van der Waals surface area (Å²) < 4.78 is 1.84. The van der Waals surface area contributed by atoms with Crippen LogP contribution in [0.2, 0.25) is 0 Å². The Hall–Kier alpha value is -1.29. The molecule has 0 N–H and O–H groups in total. The summed E-state index contributed by atoms with van der Waals surface area (Å²) in [5, 5.41) is 0. The predicted molar refractivity (Wildman–Crippen MR) is 101 cm³/mol. The van der Waals surface area contributed by atoms with E-state index in [-0.39, 0.29) is 0 Å². The molecule has 0 unspecified atom stereocenters. The Morgan fingerprint density at radius 3 is 1.21 bits per heavy atom. The maximum atomic E-state index is 5.32. The molecule has 0 saturated carbocycles. The van der Waals surface area contributed by atoms with Gasteiger partial charge < -0.3 is 9.80 Å². The van der Waals surface area contributed by atoms with E-state index in [0.29, 0.717) is 0 Å². The molecule has 0 atom stereocenters. The average Bonchev–Trinajstić information content (AvgIpc) is 3.02. The van der Waals surface area contributed by atoms with E-state index < -0.39 is 13.5 Å². The number of hydrogen-bond donors (Lipinski definition) is 0. The third kappa shape index (κ3) is 17.1. The van der Waals surface area contributed by atoms with Gasteiger partial charge in [-0.05, 0) is 50.8 Å². The van der Waals surface area contributed by atoms with Gasteiger partial charge in [0.1, 0.15) is 0 Å². The number of pyridine rings is 2. The van der Waals surface area contributed by atoms with Gasteiger partial charge in [0.15, 0.2) is 0 Å². The van der Waals surface area contributed by atoms with Gasteiger partial charge in [-0.2, -0.15) is 6.67 Å². The zero-order chi connectivity index (χ0) is 18.0. The van der Waals surface area contributed by atoms with Gasteiger partial charge in [-0.1, -0.05) is 12.1 Å². The first kappa shape index (κ1) is 22.7. The second-order valence-corrected chi connectivity index (χ2v) is 10.4. The molecule has 134 valence electrons. The third-order valence-electron chi connectivity index (χ3n) is 2.19. The van der Waals surface area contributed by atoms with Crippen molar-refractivity contribution in [2.45, 2.75) is 6.92 Å². The molecule has 7 heteroatoms. The van der Waals surface area contributed by atoms with Gasteiger partial charge in [0, 0.05) is 24.8 Å². The number of hydrogen-bond acceptors (Lipinski definition) is 4. The minimum absolute atomic E-state index is 1.36. The molecule has 0 radical (unpaired) electrons. The molecule has 0 saturated heterocycles. The Labute approximate surface area is 158 Å². The molecule has 0 spiro atoms. The molecule has 2 aromatic heterocycles. The van der Waals surface area contributed by atoms with Crippen LogP contribution in [0.1, 0.15) is 6.92 Å². The first-order valence-electron chi connectivity index (χ1n) is 7.01. The number of rotatable bonds is 0. The summed E-state index contributed by atoms with van der Waals surface area (Å²) in [7, 11) is 14.6. The Bertz CT molecular complexity index is 454. The van der Waals surface area contributed by atoms with Crippen molar-refractivity contribution >= 4 is 24.0 Å². The van der Waals surface area contributed by atoms with E-state index in [1.165, 1.54) is 0 Å². The van der Waals surface area contributed by atoms with E-state index in [4.69, 9.17) is 19.4 Å². The maximum absolute atomic E-state index is 5.32. The predicted octanol–water partition coefficient (Wildman–Crippen LogP) is 4.35. The molecule has 3 rings (SSSR count). The third-order valence-corrected chi connectivity index (χ3v) is 4.77. The van der Waals surface area contributed by atoms with Crippen molar-refractivity contribution in [3.63, 3.8) is 0 Å². The van der Waals surface area contributed by atoms with Crippen molar-refractivity contribution in [1.29, 1.82) is 0 Å². The summed E-state index contributed by atoms with van der Waals surface area (Å²) in [6.07, 6.45) is 11.0. The van der Waals surface area contributed by atoms with E-state index >= 15 is 0 Å². The van der Waals surface area contributed by atoms with E-state index in [1.54, 1.807) is 24.8 Å². The fourth-order valence-corrected chi connectivity index (χ4v) is 1.20. The van der Waals surface area contributed by atoms with Crippen molar-refractivity contribution in [3.8, 4) is 0 Å². The SMILES string of the molecule is CN1C=CN(C)[CH-]1.C[CH]=[Ru]([Cl])[Cl].c1ccncc1.c1ccncc1. The molecule has 24 heavy (non-hydrogen) atoms. The van der Waals surface area contributed by atoms with Crippen LogP contribution >= 0.6 is 19.4 Å². The van der Waals surface area contributed by atoms with Crippen LogP contribution in [0.3, 0.4) is 0 Å². The first-order chi connectivity index (χ1) is 11.6. The van der Waals surface area contributed by atoms with Gasteiger partial charge >= 0.3 is 44.4 Å². The van der Waals surface area contributed by atoms with Crippen molar-refractivity contribution < 1.29 is 13.5 Å². The van der Waals surface area contributed by atoms with Crippen LogP contribution in [-0.4, -0.2) is 38.5 Å². The maximum Gasteiger partial charge on any atom is 0.0267 e. The smallest absolute Gasteiger partial charge is 0.0267 e. The minimum Gasteiger partial charge on any atom is -0.265 e. The van der Waals surface area contributed by atoms with Crippen LogP contribution < -0.4 is 0 Å². The largest absolute Gasteiger partial charge is 0.265 e. The van der Waals surface area contributed by atoms with E-state index in [9.17, 15) is 0 Å². The van der Waals surface area contributed by atoms with Gasteiger partial charge in [-0.15, -0.1) is 0 Å². The van der Waals surface area contributed by atoms with E-state index in [1.807, 2.05) is 90.9 Å². The average molecular weight is 455 g/mol. The standard InChI is InChI=1S/C5H9N2.2C5H5N.C2H4.2ClH.Ru/c1-6-3-4-7(2)5-6;2*1-2-4-6-5-3-1;1-2;;;/h3-5H,1-2H3;2*1-5H;1H,2H3;2*1H;/q-1;;;;;;+2/p-2. The van der Waals surface area contributed by atoms with Crippen LogP contribution in [0.5, 0.6) is 0 Å². The second kappa shape index (κ2) is 16.6. The molecule has 0 aromatic carbocycles.